The average molecular weight is 271 g/mol. The van der Waals surface area contributed by atoms with Gasteiger partial charge in [0.1, 0.15) is 0 Å². The Morgan fingerprint density at radius 3 is 1.88 bits per heavy atom. The van der Waals surface area contributed by atoms with E-state index in [-0.39, 0.29) is 56.3 Å². The smallest absolute Gasteiger partial charge is 0.550 e. The third-order valence-electron chi connectivity index (χ3n) is 1.18. The van der Waals surface area contributed by atoms with Crippen LogP contribution in [0.2, 0.25) is 0 Å². The number of benzene rings is 1. The summed E-state index contributed by atoms with van der Waals surface area (Å²) in [6, 6.07) is 5.29. The van der Waals surface area contributed by atoms with Gasteiger partial charge in [-0.3, -0.25) is 4.55 Å². The van der Waals surface area contributed by atoms with Gasteiger partial charge in [-0.2, -0.15) is 8.42 Å². The summed E-state index contributed by atoms with van der Waals surface area (Å²) in [4.78, 5) is 8.74. The Balaban J connectivity index is 0. The van der Waals surface area contributed by atoms with Gasteiger partial charge >= 0.3 is 51.4 Å². The van der Waals surface area contributed by atoms with Crippen LogP contribution in [-0.2, 0) is 14.9 Å². The molecule has 0 atom stereocenters. The molecule has 0 radical (unpaired) electrons. The maximum atomic E-state index is 10.5. The molecule has 6 nitrogen and oxygen atoms in total. The van der Waals surface area contributed by atoms with Crippen molar-refractivity contribution in [1.29, 1.82) is 0 Å². The zero-order valence-corrected chi connectivity index (χ0v) is 12.8. The van der Waals surface area contributed by atoms with E-state index >= 15 is 0 Å². The van der Waals surface area contributed by atoms with Gasteiger partial charge < -0.3 is 15.6 Å². The molecular formula is C8H10KNO5S. The van der Waals surface area contributed by atoms with Crippen molar-refractivity contribution in [2.45, 2.75) is 11.8 Å². The van der Waals surface area contributed by atoms with E-state index in [4.69, 9.17) is 20.2 Å². The van der Waals surface area contributed by atoms with Gasteiger partial charge in [0, 0.05) is 11.7 Å². The number of nitrogens with two attached hydrogens (primary N) is 1. The molecule has 0 aliphatic rings. The molecule has 0 heterocycles. The van der Waals surface area contributed by atoms with E-state index in [1.165, 1.54) is 24.3 Å². The minimum absolute atomic E-state index is 0. The molecule has 84 valence electrons. The Bertz CT molecular complexity index is 424. The van der Waals surface area contributed by atoms with Crippen LogP contribution in [0.15, 0.2) is 29.2 Å². The fraction of sp³-hybridized carbons (Fsp3) is 0.125. The van der Waals surface area contributed by atoms with Crippen LogP contribution in [-0.4, -0.2) is 18.9 Å². The Labute approximate surface area is 136 Å². The fourth-order valence-corrected chi connectivity index (χ4v) is 1.12. The van der Waals surface area contributed by atoms with Crippen LogP contribution in [0.25, 0.3) is 0 Å². The molecule has 0 bridgehead atoms. The summed E-state index contributed by atoms with van der Waals surface area (Å²) in [5.74, 6) is -1.08. The van der Waals surface area contributed by atoms with Gasteiger partial charge in [0.05, 0.1) is 4.90 Å². The molecule has 1 aromatic rings. The van der Waals surface area contributed by atoms with Crippen LogP contribution in [0.1, 0.15) is 6.92 Å². The number of carbonyl (C=O) groups excluding carboxylic acids is 1. The van der Waals surface area contributed by atoms with E-state index in [0.29, 0.717) is 5.69 Å². The van der Waals surface area contributed by atoms with Crippen LogP contribution in [0.5, 0.6) is 0 Å². The first-order chi connectivity index (χ1) is 6.73. The Morgan fingerprint density at radius 2 is 1.62 bits per heavy atom. The molecule has 0 spiro atoms. The number of hydrogen-bond donors (Lipinski definition) is 2. The van der Waals surface area contributed by atoms with Gasteiger partial charge in [0.25, 0.3) is 10.1 Å². The quantitative estimate of drug-likeness (QED) is 0.308. The number of rotatable bonds is 1. The first-order valence-electron chi connectivity index (χ1n) is 3.74. The minimum Gasteiger partial charge on any atom is -0.550 e. The van der Waals surface area contributed by atoms with E-state index in [1.807, 2.05) is 0 Å². The fourth-order valence-electron chi connectivity index (χ4n) is 0.640. The van der Waals surface area contributed by atoms with Crippen molar-refractivity contribution < 1.29 is 74.3 Å². The van der Waals surface area contributed by atoms with Crippen molar-refractivity contribution in [3.8, 4) is 0 Å². The average Bonchev–Trinajstić information content (AvgIpc) is 2.01. The predicted molar refractivity (Wildman–Crippen MR) is 51.4 cm³/mol. The van der Waals surface area contributed by atoms with E-state index in [2.05, 4.69) is 0 Å². The van der Waals surface area contributed by atoms with Gasteiger partial charge in [0.2, 0.25) is 0 Å². The second kappa shape index (κ2) is 8.17. The molecule has 0 aromatic heterocycles. The standard InChI is InChI=1S/C6H7NO3S.C2H4O2.K/c7-5-1-3-6(4-2-5)11(8,9)10;1-2(3)4;/h1-4H,7H2,(H,8,9,10);1H3,(H,3,4);/q;;+1/p-1. The number of carboxylic acids is 1. The molecule has 0 aliphatic heterocycles. The number of anilines is 1. The van der Waals surface area contributed by atoms with Crippen LogP contribution in [0.3, 0.4) is 0 Å². The zero-order chi connectivity index (χ0) is 12.1. The summed E-state index contributed by atoms with van der Waals surface area (Å²) in [5, 5.41) is 8.89. The summed E-state index contributed by atoms with van der Waals surface area (Å²) in [6.45, 7) is 0.972. The number of aliphatic carboxylic acids is 1. The van der Waals surface area contributed by atoms with Crippen molar-refractivity contribution >= 4 is 21.8 Å². The van der Waals surface area contributed by atoms with Gasteiger partial charge in [-0.15, -0.1) is 0 Å². The number of hydrogen-bond acceptors (Lipinski definition) is 5. The summed E-state index contributed by atoms with van der Waals surface area (Å²) in [6.07, 6.45) is 0. The molecular weight excluding hydrogens is 261 g/mol. The normalized spacial score (nSPS) is 9.38. The van der Waals surface area contributed by atoms with Crippen molar-refractivity contribution in [3.63, 3.8) is 0 Å². The third kappa shape index (κ3) is 9.28. The second-order valence-corrected chi connectivity index (χ2v) is 3.96. The second-order valence-electron chi connectivity index (χ2n) is 2.54. The molecule has 0 unspecified atom stereocenters. The topological polar surface area (TPSA) is 121 Å². The summed E-state index contributed by atoms with van der Waals surface area (Å²) in [7, 11) is -4.08. The molecule has 16 heavy (non-hydrogen) atoms. The largest absolute Gasteiger partial charge is 1.00 e. The molecule has 8 heteroatoms. The Morgan fingerprint density at radius 1 is 1.31 bits per heavy atom. The molecule has 0 saturated heterocycles. The van der Waals surface area contributed by atoms with Crippen LogP contribution in [0, 0.1) is 0 Å². The van der Waals surface area contributed by atoms with E-state index < -0.39 is 16.1 Å². The van der Waals surface area contributed by atoms with Crippen LogP contribution < -0.4 is 62.2 Å². The van der Waals surface area contributed by atoms with Gasteiger partial charge in [0.15, 0.2) is 0 Å². The van der Waals surface area contributed by atoms with E-state index in [9.17, 15) is 8.42 Å². The van der Waals surface area contributed by atoms with Crippen molar-refractivity contribution in [2.24, 2.45) is 0 Å². The number of nitrogen functional groups attached to an aromatic ring is 1. The summed E-state index contributed by atoms with van der Waals surface area (Å²) < 4.78 is 29.4. The van der Waals surface area contributed by atoms with Gasteiger partial charge in [-0.1, -0.05) is 0 Å². The predicted octanol–water partition coefficient (Wildman–Crippen LogP) is -3.72. The molecule has 0 fully saturated rings. The third-order valence-corrected chi connectivity index (χ3v) is 2.05. The van der Waals surface area contributed by atoms with Crippen molar-refractivity contribution in [2.75, 3.05) is 5.73 Å². The minimum atomic E-state index is -4.08. The molecule has 3 N–H and O–H groups in total. The summed E-state index contributed by atoms with van der Waals surface area (Å²) >= 11 is 0. The monoisotopic (exact) mass is 271 g/mol. The molecule has 0 amide bonds. The van der Waals surface area contributed by atoms with Gasteiger partial charge in [-0.25, -0.2) is 0 Å². The maximum absolute atomic E-state index is 10.5. The first-order valence-corrected chi connectivity index (χ1v) is 5.18. The van der Waals surface area contributed by atoms with Crippen LogP contribution in [0.4, 0.5) is 5.69 Å². The molecule has 0 saturated carbocycles. The van der Waals surface area contributed by atoms with E-state index in [0.717, 1.165) is 6.92 Å². The number of carboxylic acid groups (broad SMARTS) is 1. The van der Waals surface area contributed by atoms with Crippen molar-refractivity contribution in [3.05, 3.63) is 24.3 Å². The van der Waals surface area contributed by atoms with E-state index in [1.54, 1.807) is 0 Å². The zero-order valence-electron chi connectivity index (χ0n) is 8.88. The number of carbonyl (C=O) groups is 1. The van der Waals surface area contributed by atoms with Gasteiger partial charge in [-0.05, 0) is 31.2 Å². The molecule has 1 rings (SSSR count). The maximum Gasteiger partial charge on any atom is 1.00 e. The molecule has 1 aromatic carbocycles. The Kier molecular flexibility index (Phi) is 9.40. The van der Waals surface area contributed by atoms with Crippen molar-refractivity contribution in [1.82, 2.24) is 0 Å². The first kappa shape index (κ1) is 18.4. The molecule has 0 aliphatic carbocycles. The van der Waals surface area contributed by atoms with Crippen LogP contribution >= 0.6 is 0 Å². The SMILES string of the molecule is CC(=O)[O-].Nc1ccc(S(=O)(=O)O)cc1.[K+]. The Hall–Kier alpha value is 0.0364. The summed E-state index contributed by atoms with van der Waals surface area (Å²) in [5.41, 5.74) is 5.75.